The molecule has 0 bridgehead atoms. The van der Waals surface area contributed by atoms with Gasteiger partial charge >= 0.3 is 0 Å². The quantitative estimate of drug-likeness (QED) is 0.739. The van der Waals surface area contributed by atoms with Crippen molar-refractivity contribution in [2.24, 2.45) is 0 Å². The molecule has 1 N–H and O–H groups in total. The summed E-state index contributed by atoms with van der Waals surface area (Å²) in [7, 11) is 0. The fourth-order valence-corrected chi connectivity index (χ4v) is 2.02. The van der Waals surface area contributed by atoms with Gasteiger partial charge in [-0.15, -0.1) is 0 Å². The van der Waals surface area contributed by atoms with Gasteiger partial charge in [0, 0.05) is 12.3 Å². The Labute approximate surface area is 134 Å². The van der Waals surface area contributed by atoms with Crippen LogP contribution >= 0.6 is 0 Å². The molecule has 22 heavy (non-hydrogen) atoms. The van der Waals surface area contributed by atoms with E-state index in [0.717, 1.165) is 29.8 Å². The Morgan fingerprint density at radius 2 is 1.86 bits per heavy atom. The van der Waals surface area contributed by atoms with E-state index in [1.54, 1.807) is 0 Å². The maximum atomic E-state index is 12.5. The summed E-state index contributed by atoms with van der Waals surface area (Å²) in [5.74, 6) is 0.755. The molecule has 0 aliphatic heterocycles. The van der Waals surface area contributed by atoms with Crippen LogP contribution in [0.1, 0.15) is 52.5 Å². The SMILES string of the molecule is CCCOc1ccc(NC(=O)C(C)(CC)OCCC)cc1C. The zero-order valence-corrected chi connectivity index (χ0v) is 14.5. The molecule has 0 aromatic heterocycles. The number of benzene rings is 1. The molecule has 1 aromatic rings. The van der Waals surface area contributed by atoms with Crippen molar-refractivity contribution in [1.82, 2.24) is 0 Å². The molecule has 0 fully saturated rings. The number of hydrogen-bond acceptors (Lipinski definition) is 3. The smallest absolute Gasteiger partial charge is 0.256 e. The molecule has 0 aliphatic carbocycles. The van der Waals surface area contributed by atoms with Crippen LogP contribution in [0.3, 0.4) is 0 Å². The summed E-state index contributed by atoms with van der Waals surface area (Å²) < 4.78 is 11.4. The zero-order valence-electron chi connectivity index (χ0n) is 14.5. The monoisotopic (exact) mass is 307 g/mol. The Kier molecular flexibility index (Phi) is 7.39. The van der Waals surface area contributed by atoms with Crippen molar-refractivity contribution in [2.45, 2.75) is 59.5 Å². The first-order chi connectivity index (χ1) is 10.5. The minimum Gasteiger partial charge on any atom is -0.493 e. The number of carbonyl (C=O) groups excluding carboxylic acids is 1. The molecule has 0 spiro atoms. The summed E-state index contributed by atoms with van der Waals surface area (Å²) >= 11 is 0. The van der Waals surface area contributed by atoms with Gasteiger partial charge in [-0.2, -0.15) is 0 Å². The molecule has 4 nitrogen and oxygen atoms in total. The fourth-order valence-electron chi connectivity index (χ4n) is 2.02. The van der Waals surface area contributed by atoms with Crippen LogP contribution < -0.4 is 10.1 Å². The minimum absolute atomic E-state index is 0.106. The third kappa shape index (κ3) is 5.02. The molecular formula is C18H29NO3. The van der Waals surface area contributed by atoms with Crippen molar-refractivity contribution in [2.75, 3.05) is 18.5 Å². The average Bonchev–Trinajstić information content (AvgIpc) is 2.51. The van der Waals surface area contributed by atoms with Gasteiger partial charge in [0.05, 0.1) is 6.61 Å². The lowest BCUT2D eigenvalue weighted by molar-refractivity contribution is -0.139. The third-order valence-electron chi connectivity index (χ3n) is 3.67. The van der Waals surface area contributed by atoms with Gasteiger partial charge in [0.1, 0.15) is 11.4 Å². The number of carbonyl (C=O) groups is 1. The van der Waals surface area contributed by atoms with Crippen LogP contribution in [0.15, 0.2) is 18.2 Å². The minimum atomic E-state index is -0.790. The molecule has 1 amide bonds. The normalized spacial score (nSPS) is 13.5. The van der Waals surface area contributed by atoms with Gasteiger partial charge in [-0.25, -0.2) is 0 Å². The highest BCUT2D eigenvalue weighted by Gasteiger charge is 2.32. The summed E-state index contributed by atoms with van der Waals surface area (Å²) in [6, 6.07) is 5.70. The largest absolute Gasteiger partial charge is 0.493 e. The van der Waals surface area contributed by atoms with Gasteiger partial charge in [0.15, 0.2) is 0 Å². The lowest BCUT2D eigenvalue weighted by atomic mass is 10.0. The highest BCUT2D eigenvalue weighted by molar-refractivity contribution is 5.97. The van der Waals surface area contributed by atoms with Gasteiger partial charge in [-0.05, 0) is 56.9 Å². The molecule has 1 aromatic carbocycles. The maximum Gasteiger partial charge on any atom is 0.256 e. The molecule has 1 atom stereocenters. The van der Waals surface area contributed by atoms with Crippen molar-refractivity contribution >= 4 is 11.6 Å². The number of amides is 1. The van der Waals surface area contributed by atoms with E-state index < -0.39 is 5.60 Å². The molecule has 4 heteroatoms. The second-order valence-electron chi connectivity index (χ2n) is 5.72. The molecular weight excluding hydrogens is 278 g/mol. The first-order valence-electron chi connectivity index (χ1n) is 8.15. The lowest BCUT2D eigenvalue weighted by Gasteiger charge is -2.27. The molecule has 0 heterocycles. The van der Waals surface area contributed by atoms with Crippen molar-refractivity contribution in [3.05, 3.63) is 23.8 Å². The van der Waals surface area contributed by atoms with Crippen molar-refractivity contribution < 1.29 is 14.3 Å². The van der Waals surface area contributed by atoms with E-state index in [1.807, 2.05) is 45.9 Å². The van der Waals surface area contributed by atoms with Crippen LogP contribution in [0.25, 0.3) is 0 Å². The van der Waals surface area contributed by atoms with E-state index in [4.69, 9.17) is 9.47 Å². The molecule has 0 saturated heterocycles. The Morgan fingerprint density at radius 3 is 2.41 bits per heavy atom. The maximum absolute atomic E-state index is 12.5. The van der Waals surface area contributed by atoms with E-state index in [2.05, 4.69) is 12.2 Å². The summed E-state index contributed by atoms with van der Waals surface area (Å²) in [4.78, 5) is 12.5. The first-order valence-corrected chi connectivity index (χ1v) is 8.15. The fraction of sp³-hybridized carbons (Fsp3) is 0.611. The number of aryl methyl sites for hydroxylation is 1. The highest BCUT2D eigenvalue weighted by Crippen LogP contribution is 2.24. The summed E-state index contributed by atoms with van der Waals surface area (Å²) in [5.41, 5.74) is 0.992. The van der Waals surface area contributed by atoms with E-state index in [9.17, 15) is 4.79 Å². The third-order valence-corrected chi connectivity index (χ3v) is 3.67. The first kappa shape index (κ1) is 18.5. The molecule has 0 radical (unpaired) electrons. The lowest BCUT2D eigenvalue weighted by Crippen LogP contribution is -2.42. The Bertz CT molecular complexity index is 487. The summed E-state index contributed by atoms with van der Waals surface area (Å²) in [6.45, 7) is 11.2. The zero-order chi connectivity index (χ0) is 16.6. The van der Waals surface area contributed by atoms with Gasteiger partial charge in [0.25, 0.3) is 5.91 Å². The molecule has 0 saturated carbocycles. The molecule has 0 aliphatic rings. The van der Waals surface area contributed by atoms with Crippen LogP contribution in [0, 0.1) is 6.92 Å². The topological polar surface area (TPSA) is 47.6 Å². The molecule has 1 rings (SSSR count). The number of rotatable bonds is 9. The number of nitrogens with one attached hydrogen (secondary N) is 1. The van der Waals surface area contributed by atoms with Crippen molar-refractivity contribution in [3.63, 3.8) is 0 Å². The highest BCUT2D eigenvalue weighted by atomic mass is 16.5. The molecule has 1 unspecified atom stereocenters. The van der Waals surface area contributed by atoms with Crippen LogP contribution in [-0.4, -0.2) is 24.7 Å². The van der Waals surface area contributed by atoms with E-state index in [-0.39, 0.29) is 5.91 Å². The van der Waals surface area contributed by atoms with Crippen LogP contribution in [0.5, 0.6) is 5.75 Å². The predicted octanol–water partition coefficient (Wildman–Crippen LogP) is 4.32. The van der Waals surface area contributed by atoms with E-state index in [1.165, 1.54) is 0 Å². The van der Waals surface area contributed by atoms with E-state index >= 15 is 0 Å². The van der Waals surface area contributed by atoms with Gasteiger partial charge in [-0.1, -0.05) is 20.8 Å². The van der Waals surface area contributed by atoms with Gasteiger partial charge in [-0.3, -0.25) is 4.79 Å². The Balaban J connectivity index is 2.76. The summed E-state index contributed by atoms with van der Waals surface area (Å²) in [5, 5.41) is 2.95. The Morgan fingerprint density at radius 1 is 1.18 bits per heavy atom. The number of anilines is 1. The standard InChI is InChI=1S/C18H29NO3/c1-6-11-21-16-10-9-15(13-14(16)4)19-17(20)18(5,8-3)22-12-7-2/h9-10,13H,6-8,11-12H2,1-5H3,(H,19,20). The molecule has 124 valence electrons. The Hall–Kier alpha value is -1.55. The van der Waals surface area contributed by atoms with Crippen molar-refractivity contribution in [1.29, 1.82) is 0 Å². The van der Waals surface area contributed by atoms with Crippen LogP contribution in [-0.2, 0) is 9.53 Å². The number of ether oxygens (including phenoxy) is 2. The van der Waals surface area contributed by atoms with E-state index in [0.29, 0.717) is 19.6 Å². The second-order valence-corrected chi connectivity index (χ2v) is 5.72. The second kappa shape index (κ2) is 8.79. The van der Waals surface area contributed by atoms with Crippen LogP contribution in [0.2, 0.25) is 0 Å². The average molecular weight is 307 g/mol. The van der Waals surface area contributed by atoms with Gasteiger partial charge < -0.3 is 14.8 Å². The predicted molar refractivity (Wildman–Crippen MR) is 90.5 cm³/mol. The van der Waals surface area contributed by atoms with Crippen molar-refractivity contribution in [3.8, 4) is 5.75 Å². The van der Waals surface area contributed by atoms with Gasteiger partial charge in [0.2, 0.25) is 0 Å². The van der Waals surface area contributed by atoms with Crippen LogP contribution in [0.4, 0.5) is 5.69 Å². The summed E-state index contributed by atoms with van der Waals surface area (Å²) in [6.07, 6.45) is 2.50. The number of hydrogen-bond donors (Lipinski definition) is 1.